The van der Waals surface area contributed by atoms with Gasteiger partial charge in [-0.2, -0.15) is 5.26 Å². The van der Waals surface area contributed by atoms with Crippen LogP contribution in [0.15, 0.2) is 12.1 Å². The van der Waals surface area contributed by atoms with Crippen molar-refractivity contribution >= 4 is 0 Å². The maximum atomic E-state index is 14.1. The molecule has 3 rings (SSSR count). The minimum absolute atomic E-state index is 0.534. The number of hydrogen-bond donors (Lipinski definition) is 0. The number of hydrogen-bond acceptors (Lipinski definition) is 2. The first-order valence-corrected chi connectivity index (χ1v) is 7.93. The molecule has 31 heavy (non-hydrogen) atoms. The van der Waals surface area contributed by atoms with E-state index in [1.54, 1.807) is 0 Å². The van der Waals surface area contributed by atoms with E-state index < -0.39 is 92.7 Å². The number of benzene rings is 2. The van der Waals surface area contributed by atoms with Gasteiger partial charge in [0.05, 0.1) is 35.0 Å². The first-order chi connectivity index (χ1) is 14.5. The Balaban J connectivity index is 2.34. The van der Waals surface area contributed by atoms with Crippen LogP contribution >= 0.6 is 0 Å². The fourth-order valence-corrected chi connectivity index (χ4v) is 2.75. The molecule has 0 bridgehead atoms. The highest BCUT2D eigenvalue weighted by Gasteiger charge is 2.30. The Morgan fingerprint density at radius 1 is 0.581 bits per heavy atom. The Morgan fingerprint density at radius 2 is 0.968 bits per heavy atom. The zero-order valence-electron chi connectivity index (χ0n) is 14.5. The minimum atomic E-state index is -2.45. The van der Waals surface area contributed by atoms with Crippen LogP contribution in [0.4, 0.5) is 43.9 Å². The van der Waals surface area contributed by atoms with Gasteiger partial charge in [-0.1, -0.05) is 6.07 Å². The molecule has 0 N–H and O–H groups in total. The Morgan fingerprint density at radius 3 is 1.39 bits per heavy atom. The SMILES string of the molecule is N#CCc1nc(-c2c(F)c(F)c(F)c(F)c2F)ccc1-c1c(F)c(F)c(F)c(F)c1F. The standard InChI is InChI=1S/C19H4F10N2/c20-10-8(11(21)15(25)18(28)14(10)24)5-1-2-7(31-6(5)3-4-30)9-12(22)16(26)19(29)17(27)13(9)23/h1-2H,3H2. The zero-order chi connectivity index (χ0) is 23.2. The third-order valence-corrected chi connectivity index (χ3v) is 4.17. The van der Waals surface area contributed by atoms with Crippen LogP contribution in [0.25, 0.3) is 22.4 Å². The van der Waals surface area contributed by atoms with E-state index >= 15 is 0 Å². The van der Waals surface area contributed by atoms with Crippen LogP contribution in [-0.2, 0) is 6.42 Å². The van der Waals surface area contributed by atoms with Gasteiger partial charge in [0.2, 0.25) is 11.6 Å². The molecule has 160 valence electrons. The Kier molecular flexibility index (Phi) is 5.62. The van der Waals surface area contributed by atoms with Crippen molar-refractivity contribution in [1.82, 2.24) is 4.98 Å². The predicted octanol–water partition coefficient (Wildman–Crippen LogP) is 5.87. The van der Waals surface area contributed by atoms with Crippen LogP contribution in [-0.4, -0.2) is 4.98 Å². The van der Waals surface area contributed by atoms with Crippen molar-refractivity contribution in [2.75, 3.05) is 0 Å². The summed E-state index contributed by atoms with van der Waals surface area (Å²) in [6, 6.07) is 2.56. The molecule has 0 saturated heterocycles. The highest BCUT2D eigenvalue weighted by Crippen LogP contribution is 2.36. The van der Waals surface area contributed by atoms with Crippen molar-refractivity contribution in [3.63, 3.8) is 0 Å². The molecule has 2 aromatic carbocycles. The lowest BCUT2D eigenvalue weighted by Gasteiger charge is -2.13. The molecular weight excluding hydrogens is 446 g/mol. The molecule has 3 aromatic rings. The van der Waals surface area contributed by atoms with Gasteiger partial charge in [0.15, 0.2) is 46.5 Å². The maximum Gasteiger partial charge on any atom is 0.200 e. The molecule has 0 radical (unpaired) electrons. The first-order valence-electron chi connectivity index (χ1n) is 7.93. The van der Waals surface area contributed by atoms with Crippen molar-refractivity contribution < 1.29 is 43.9 Å². The lowest BCUT2D eigenvalue weighted by molar-refractivity contribution is 0.381. The number of nitrogens with zero attached hydrogens (tertiary/aromatic N) is 2. The predicted molar refractivity (Wildman–Crippen MR) is 84.0 cm³/mol. The average molecular weight is 450 g/mol. The van der Waals surface area contributed by atoms with Gasteiger partial charge in [-0.3, -0.25) is 4.98 Å². The lowest BCUT2D eigenvalue weighted by atomic mass is 9.98. The third-order valence-electron chi connectivity index (χ3n) is 4.17. The summed E-state index contributed by atoms with van der Waals surface area (Å²) in [7, 11) is 0. The summed E-state index contributed by atoms with van der Waals surface area (Å²) in [4.78, 5) is 3.48. The van der Waals surface area contributed by atoms with E-state index in [0.29, 0.717) is 12.1 Å². The first kappa shape index (κ1) is 22.1. The second-order valence-corrected chi connectivity index (χ2v) is 5.92. The molecule has 0 spiro atoms. The van der Waals surface area contributed by atoms with E-state index in [2.05, 4.69) is 4.98 Å². The van der Waals surface area contributed by atoms with Gasteiger partial charge < -0.3 is 0 Å². The monoisotopic (exact) mass is 450 g/mol. The highest BCUT2D eigenvalue weighted by molar-refractivity contribution is 5.72. The van der Waals surface area contributed by atoms with Crippen molar-refractivity contribution in [2.45, 2.75) is 6.42 Å². The van der Waals surface area contributed by atoms with E-state index in [0.717, 1.165) is 0 Å². The molecule has 1 heterocycles. The maximum absolute atomic E-state index is 14.1. The summed E-state index contributed by atoms with van der Waals surface area (Å²) >= 11 is 0. The van der Waals surface area contributed by atoms with Gasteiger partial charge in [0, 0.05) is 5.56 Å². The summed E-state index contributed by atoms with van der Waals surface area (Å²) < 4.78 is 137. The average Bonchev–Trinajstić information content (AvgIpc) is 2.75. The van der Waals surface area contributed by atoms with Crippen LogP contribution in [0.1, 0.15) is 5.69 Å². The quantitative estimate of drug-likeness (QED) is 0.284. The fraction of sp³-hybridized carbons (Fsp3) is 0.0526. The summed E-state index contributed by atoms with van der Waals surface area (Å²) in [5.74, 6) is -23.2. The largest absolute Gasteiger partial charge is 0.251 e. The number of aromatic nitrogens is 1. The van der Waals surface area contributed by atoms with Crippen LogP contribution in [0.5, 0.6) is 0 Å². The summed E-state index contributed by atoms with van der Waals surface area (Å²) in [5.41, 5.74) is -5.50. The second-order valence-electron chi connectivity index (χ2n) is 5.92. The van der Waals surface area contributed by atoms with E-state index in [-0.39, 0.29) is 0 Å². The summed E-state index contributed by atoms with van der Waals surface area (Å²) in [5, 5.41) is 8.87. The minimum Gasteiger partial charge on any atom is -0.251 e. The molecule has 0 aliphatic rings. The van der Waals surface area contributed by atoms with E-state index in [1.165, 1.54) is 6.07 Å². The van der Waals surface area contributed by atoms with Gasteiger partial charge in [-0.15, -0.1) is 0 Å². The number of rotatable bonds is 3. The van der Waals surface area contributed by atoms with E-state index in [4.69, 9.17) is 5.26 Å². The number of nitriles is 1. The third kappa shape index (κ3) is 3.35. The molecule has 2 nitrogen and oxygen atoms in total. The molecule has 0 unspecified atom stereocenters. The van der Waals surface area contributed by atoms with Crippen molar-refractivity contribution in [1.29, 1.82) is 5.26 Å². The molecule has 0 saturated carbocycles. The molecule has 0 amide bonds. The summed E-state index contributed by atoms with van der Waals surface area (Å²) in [6.07, 6.45) is -0.877. The van der Waals surface area contributed by atoms with Gasteiger partial charge in [-0.25, -0.2) is 43.9 Å². The van der Waals surface area contributed by atoms with Gasteiger partial charge in [0.25, 0.3) is 0 Å². The highest BCUT2D eigenvalue weighted by atomic mass is 19.2. The molecule has 1 aromatic heterocycles. The van der Waals surface area contributed by atoms with Crippen molar-refractivity contribution in [2.24, 2.45) is 0 Å². The molecular formula is C19H4F10N2. The van der Waals surface area contributed by atoms with Gasteiger partial charge in [0.1, 0.15) is 0 Å². The zero-order valence-corrected chi connectivity index (χ0v) is 14.5. The van der Waals surface area contributed by atoms with Crippen LogP contribution in [0.3, 0.4) is 0 Å². The topological polar surface area (TPSA) is 36.7 Å². The molecule has 0 aliphatic carbocycles. The number of pyridine rings is 1. The van der Waals surface area contributed by atoms with Crippen LogP contribution < -0.4 is 0 Å². The molecule has 12 heteroatoms. The van der Waals surface area contributed by atoms with Gasteiger partial charge in [-0.05, 0) is 6.07 Å². The van der Waals surface area contributed by atoms with Crippen molar-refractivity contribution in [3.8, 4) is 28.5 Å². The van der Waals surface area contributed by atoms with E-state index in [9.17, 15) is 43.9 Å². The molecule has 0 atom stereocenters. The van der Waals surface area contributed by atoms with Gasteiger partial charge >= 0.3 is 0 Å². The Bertz CT molecular complexity index is 1220. The fourth-order valence-electron chi connectivity index (χ4n) is 2.75. The molecule has 0 fully saturated rings. The Labute approximate surface area is 166 Å². The van der Waals surface area contributed by atoms with Crippen LogP contribution in [0.2, 0.25) is 0 Å². The Hall–Kier alpha value is -3.62. The van der Waals surface area contributed by atoms with E-state index in [1.807, 2.05) is 0 Å². The smallest absolute Gasteiger partial charge is 0.200 e. The van der Waals surface area contributed by atoms with Crippen molar-refractivity contribution in [3.05, 3.63) is 76.0 Å². The molecule has 0 aliphatic heterocycles. The second kappa shape index (κ2) is 7.90. The normalized spacial score (nSPS) is 11.0. The van der Waals surface area contributed by atoms with Crippen LogP contribution in [0, 0.1) is 69.5 Å². The number of halogens is 10. The lowest BCUT2D eigenvalue weighted by Crippen LogP contribution is -2.08. The summed E-state index contributed by atoms with van der Waals surface area (Å²) in [6.45, 7) is 0.